The number of rotatable bonds is 3. The molecule has 1 rings (SSSR count). The lowest BCUT2D eigenvalue weighted by molar-refractivity contribution is -0.134. The number of carbonyl (C=O) groups is 2. The molecule has 0 aliphatic rings. The Labute approximate surface area is 92.5 Å². The number of anilines is 1. The molecule has 16 heavy (non-hydrogen) atoms. The molecule has 0 fully saturated rings. The minimum absolute atomic E-state index is 0.351. The van der Waals surface area contributed by atoms with Crippen LogP contribution >= 0.6 is 0 Å². The fraction of sp³-hybridized carbons (Fsp3) is 0.0909. The molecular weight excluding hydrogens is 210 g/mol. The molecule has 84 valence electrons. The maximum atomic E-state index is 11.4. The number of ether oxygens (including phenoxy) is 2. The molecule has 5 heteroatoms. The molecule has 0 saturated carbocycles. The average molecular weight is 221 g/mol. The van der Waals surface area contributed by atoms with E-state index in [4.69, 9.17) is 5.73 Å². The highest BCUT2D eigenvalue weighted by Crippen LogP contribution is 2.06. The van der Waals surface area contributed by atoms with Crippen LogP contribution in [0, 0.1) is 0 Å². The van der Waals surface area contributed by atoms with Crippen molar-refractivity contribution < 1.29 is 19.1 Å². The molecule has 0 aliphatic heterocycles. The number of nitrogen functional groups attached to an aromatic ring is 1. The van der Waals surface area contributed by atoms with E-state index in [9.17, 15) is 9.59 Å². The van der Waals surface area contributed by atoms with Crippen molar-refractivity contribution in [3.8, 4) is 0 Å². The Morgan fingerprint density at radius 2 is 1.88 bits per heavy atom. The molecule has 0 spiro atoms. The number of esters is 2. The quantitative estimate of drug-likeness (QED) is 0.358. The van der Waals surface area contributed by atoms with Crippen molar-refractivity contribution in [2.24, 2.45) is 0 Å². The van der Waals surface area contributed by atoms with E-state index in [-0.39, 0.29) is 0 Å². The molecule has 0 unspecified atom stereocenters. The van der Waals surface area contributed by atoms with Gasteiger partial charge in [-0.05, 0) is 24.3 Å². The van der Waals surface area contributed by atoms with Crippen molar-refractivity contribution in [3.63, 3.8) is 0 Å². The lowest BCUT2D eigenvalue weighted by Crippen LogP contribution is -2.02. The highest BCUT2D eigenvalue weighted by Gasteiger charge is 2.04. The Balaban J connectivity index is 2.56. The Kier molecular flexibility index (Phi) is 4.08. The van der Waals surface area contributed by atoms with Gasteiger partial charge in [0.15, 0.2) is 0 Å². The third-order valence-corrected chi connectivity index (χ3v) is 1.73. The molecule has 1 aromatic rings. The van der Waals surface area contributed by atoms with Gasteiger partial charge in [-0.1, -0.05) is 0 Å². The van der Waals surface area contributed by atoms with Gasteiger partial charge in [0.2, 0.25) is 0 Å². The van der Waals surface area contributed by atoms with Gasteiger partial charge in [0.05, 0.1) is 18.7 Å². The van der Waals surface area contributed by atoms with E-state index in [1.165, 1.54) is 19.2 Å². The topological polar surface area (TPSA) is 78.6 Å². The summed E-state index contributed by atoms with van der Waals surface area (Å²) in [6.45, 7) is 0. The number of hydrogen-bond acceptors (Lipinski definition) is 5. The third-order valence-electron chi connectivity index (χ3n) is 1.73. The molecule has 5 nitrogen and oxygen atoms in total. The minimum atomic E-state index is -0.592. The summed E-state index contributed by atoms with van der Waals surface area (Å²) < 4.78 is 9.00. The summed E-state index contributed by atoms with van der Waals surface area (Å²) in [7, 11) is 1.23. The molecule has 0 saturated heterocycles. The van der Waals surface area contributed by atoms with E-state index < -0.39 is 11.9 Å². The molecule has 0 radical (unpaired) electrons. The Bertz CT molecular complexity index is 408. The first-order chi connectivity index (χ1) is 7.63. The molecular formula is C11H11NO4. The second-order valence-corrected chi connectivity index (χ2v) is 2.85. The van der Waals surface area contributed by atoms with Crippen LogP contribution in [0.4, 0.5) is 5.69 Å². The molecule has 0 aliphatic carbocycles. The van der Waals surface area contributed by atoms with Crippen LogP contribution in [0.15, 0.2) is 36.6 Å². The highest BCUT2D eigenvalue weighted by molar-refractivity contribution is 5.90. The highest BCUT2D eigenvalue weighted by atomic mass is 16.5. The zero-order chi connectivity index (χ0) is 12.0. The molecule has 0 bridgehead atoms. The molecule has 0 atom stereocenters. The van der Waals surface area contributed by atoms with Gasteiger partial charge in [-0.3, -0.25) is 0 Å². The molecule has 2 N–H and O–H groups in total. The van der Waals surface area contributed by atoms with Gasteiger partial charge in [0.1, 0.15) is 6.26 Å². The van der Waals surface area contributed by atoms with Crippen molar-refractivity contribution in [1.82, 2.24) is 0 Å². The number of hydrogen-bond donors (Lipinski definition) is 1. The van der Waals surface area contributed by atoms with Gasteiger partial charge in [-0.2, -0.15) is 0 Å². The Hall–Kier alpha value is -2.30. The number of nitrogens with two attached hydrogens (primary N) is 1. The molecule has 0 aromatic heterocycles. The van der Waals surface area contributed by atoms with Gasteiger partial charge in [-0.25, -0.2) is 9.59 Å². The average Bonchev–Trinajstić information content (AvgIpc) is 2.29. The monoisotopic (exact) mass is 221 g/mol. The van der Waals surface area contributed by atoms with Crippen LogP contribution in [0.5, 0.6) is 0 Å². The van der Waals surface area contributed by atoms with Crippen molar-refractivity contribution in [2.75, 3.05) is 12.8 Å². The fourth-order valence-electron chi connectivity index (χ4n) is 0.907. The van der Waals surface area contributed by atoms with E-state index in [0.29, 0.717) is 11.3 Å². The standard InChI is InChI=1S/C11H11NO4/c1-15-10(13)6-7-16-11(14)8-2-4-9(12)5-3-8/h2-7H,12H2,1H3/b7-6+. The van der Waals surface area contributed by atoms with Crippen molar-refractivity contribution in [1.29, 1.82) is 0 Å². The summed E-state index contributed by atoms with van der Waals surface area (Å²) in [5.74, 6) is -1.16. The minimum Gasteiger partial charge on any atom is -0.466 e. The van der Waals surface area contributed by atoms with E-state index in [0.717, 1.165) is 12.3 Å². The largest absolute Gasteiger partial charge is 0.466 e. The van der Waals surface area contributed by atoms with Crippen molar-refractivity contribution >= 4 is 17.6 Å². The predicted octanol–water partition coefficient (Wildman–Crippen LogP) is 1.11. The SMILES string of the molecule is COC(=O)/C=C/OC(=O)c1ccc(N)cc1. The van der Waals surface area contributed by atoms with Crippen LogP contribution in [0.2, 0.25) is 0 Å². The van der Waals surface area contributed by atoms with Gasteiger partial charge in [0, 0.05) is 5.69 Å². The van der Waals surface area contributed by atoms with Gasteiger partial charge < -0.3 is 15.2 Å². The summed E-state index contributed by atoms with van der Waals surface area (Å²) in [6.07, 6.45) is 1.99. The summed E-state index contributed by atoms with van der Waals surface area (Å²) in [5.41, 5.74) is 6.37. The lowest BCUT2D eigenvalue weighted by atomic mass is 10.2. The smallest absolute Gasteiger partial charge is 0.342 e. The maximum absolute atomic E-state index is 11.4. The van der Waals surface area contributed by atoms with Crippen LogP contribution in [-0.2, 0) is 14.3 Å². The first-order valence-electron chi connectivity index (χ1n) is 4.44. The van der Waals surface area contributed by atoms with E-state index in [2.05, 4.69) is 9.47 Å². The van der Waals surface area contributed by atoms with Gasteiger partial charge in [-0.15, -0.1) is 0 Å². The first-order valence-corrected chi connectivity index (χ1v) is 4.44. The van der Waals surface area contributed by atoms with Crippen molar-refractivity contribution in [3.05, 3.63) is 42.2 Å². The van der Waals surface area contributed by atoms with E-state index in [1.807, 2.05) is 0 Å². The van der Waals surface area contributed by atoms with E-state index in [1.54, 1.807) is 12.1 Å². The van der Waals surface area contributed by atoms with Crippen LogP contribution in [0.25, 0.3) is 0 Å². The summed E-state index contributed by atoms with van der Waals surface area (Å²) >= 11 is 0. The fourth-order valence-corrected chi connectivity index (χ4v) is 0.907. The summed E-state index contributed by atoms with van der Waals surface area (Å²) in [6, 6.07) is 6.23. The lowest BCUT2D eigenvalue weighted by Gasteiger charge is -1.99. The maximum Gasteiger partial charge on any atom is 0.342 e. The zero-order valence-corrected chi connectivity index (χ0v) is 8.67. The van der Waals surface area contributed by atoms with Gasteiger partial charge in [0.25, 0.3) is 0 Å². The number of benzene rings is 1. The Morgan fingerprint density at radius 3 is 2.44 bits per heavy atom. The third kappa shape index (κ3) is 3.45. The summed E-state index contributed by atoms with van der Waals surface area (Å²) in [5, 5.41) is 0. The summed E-state index contributed by atoms with van der Waals surface area (Å²) in [4.78, 5) is 22.0. The van der Waals surface area contributed by atoms with Crippen LogP contribution in [-0.4, -0.2) is 19.0 Å². The van der Waals surface area contributed by atoms with Crippen LogP contribution in [0.1, 0.15) is 10.4 Å². The first kappa shape index (κ1) is 11.8. The molecule has 0 amide bonds. The van der Waals surface area contributed by atoms with E-state index >= 15 is 0 Å². The van der Waals surface area contributed by atoms with Crippen LogP contribution in [0.3, 0.4) is 0 Å². The van der Waals surface area contributed by atoms with Crippen LogP contribution < -0.4 is 5.73 Å². The second kappa shape index (κ2) is 5.55. The zero-order valence-electron chi connectivity index (χ0n) is 8.67. The molecule has 0 heterocycles. The Morgan fingerprint density at radius 1 is 1.25 bits per heavy atom. The van der Waals surface area contributed by atoms with Crippen molar-refractivity contribution in [2.45, 2.75) is 0 Å². The number of methoxy groups -OCH3 is 1. The normalized spacial score (nSPS) is 10.1. The second-order valence-electron chi connectivity index (χ2n) is 2.85. The van der Waals surface area contributed by atoms with Gasteiger partial charge >= 0.3 is 11.9 Å². The predicted molar refractivity (Wildman–Crippen MR) is 57.4 cm³/mol. The molecule has 1 aromatic carbocycles. The number of carbonyl (C=O) groups excluding carboxylic acids is 2.